The van der Waals surface area contributed by atoms with Gasteiger partial charge in [-0.3, -0.25) is 0 Å². The SMILES string of the molecule is C[C@H](O)CCN[C@@H]1CC(C)(C)OC1(C)C. The van der Waals surface area contributed by atoms with Crippen LogP contribution >= 0.6 is 0 Å². The Hall–Kier alpha value is -0.120. The van der Waals surface area contributed by atoms with Gasteiger partial charge in [-0.2, -0.15) is 0 Å². The van der Waals surface area contributed by atoms with Gasteiger partial charge >= 0.3 is 0 Å². The quantitative estimate of drug-likeness (QED) is 0.750. The number of nitrogens with one attached hydrogen (secondary N) is 1. The van der Waals surface area contributed by atoms with Crippen LogP contribution in [0.3, 0.4) is 0 Å². The van der Waals surface area contributed by atoms with Gasteiger partial charge in [-0.15, -0.1) is 0 Å². The average Bonchev–Trinajstić information content (AvgIpc) is 2.18. The molecule has 0 bridgehead atoms. The number of aliphatic hydroxyl groups is 1. The Morgan fingerprint density at radius 2 is 2.00 bits per heavy atom. The van der Waals surface area contributed by atoms with E-state index in [4.69, 9.17) is 4.74 Å². The van der Waals surface area contributed by atoms with E-state index in [9.17, 15) is 5.11 Å². The van der Waals surface area contributed by atoms with E-state index in [-0.39, 0.29) is 17.3 Å². The number of ether oxygens (including phenoxy) is 1. The number of rotatable bonds is 4. The van der Waals surface area contributed by atoms with Gasteiger partial charge in [-0.05, 0) is 54.0 Å². The molecule has 0 radical (unpaired) electrons. The molecule has 3 nitrogen and oxygen atoms in total. The van der Waals surface area contributed by atoms with Gasteiger partial charge in [-0.25, -0.2) is 0 Å². The summed E-state index contributed by atoms with van der Waals surface area (Å²) in [6.07, 6.45) is 1.60. The highest BCUT2D eigenvalue weighted by Gasteiger charge is 2.45. The van der Waals surface area contributed by atoms with Gasteiger partial charge in [0.2, 0.25) is 0 Å². The maximum atomic E-state index is 9.19. The fourth-order valence-electron chi connectivity index (χ4n) is 2.35. The summed E-state index contributed by atoms with van der Waals surface area (Å²) in [5, 5.41) is 12.7. The van der Waals surface area contributed by atoms with E-state index in [1.807, 2.05) is 6.92 Å². The Bertz CT molecular complexity index is 212. The van der Waals surface area contributed by atoms with E-state index in [0.717, 1.165) is 19.4 Å². The van der Waals surface area contributed by atoms with Crippen molar-refractivity contribution < 1.29 is 9.84 Å². The second-order valence-corrected chi connectivity index (χ2v) is 5.81. The molecule has 90 valence electrons. The lowest BCUT2D eigenvalue weighted by Crippen LogP contribution is -2.44. The van der Waals surface area contributed by atoms with Crippen LogP contribution in [0.4, 0.5) is 0 Å². The Morgan fingerprint density at radius 1 is 1.40 bits per heavy atom. The van der Waals surface area contributed by atoms with Crippen LogP contribution in [0.1, 0.15) is 47.5 Å². The van der Waals surface area contributed by atoms with Crippen molar-refractivity contribution in [1.82, 2.24) is 5.32 Å². The highest BCUT2D eigenvalue weighted by atomic mass is 16.5. The van der Waals surface area contributed by atoms with Gasteiger partial charge in [0, 0.05) is 6.04 Å². The Labute approximate surface area is 93.2 Å². The zero-order valence-electron chi connectivity index (χ0n) is 10.6. The van der Waals surface area contributed by atoms with Crippen LogP contribution in [0.15, 0.2) is 0 Å². The Kier molecular flexibility index (Phi) is 3.80. The number of hydrogen-bond donors (Lipinski definition) is 2. The molecule has 1 rings (SSSR count). The summed E-state index contributed by atoms with van der Waals surface area (Å²) in [6, 6.07) is 0.381. The first-order valence-corrected chi connectivity index (χ1v) is 5.84. The van der Waals surface area contributed by atoms with Crippen molar-refractivity contribution in [2.24, 2.45) is 0 Å². The molecule has 1 aliphatic heterocycles. The van der Waals surface area contributed by atoms with Gasteiger partial charge < -0.3 is 15.2 Å². The first-order chi connectivity index (χ1) is 6.73. The molecule has 2 atom stereocenters. The third-order valence-electron chi connectivity index (χ3n) is 3.03. The van der Waals surface area contributed by atoms with Crippen molar-refractivity contribution in [2.45, 2.75) is 70.8 Å². The maximum Gasteiger partial charge on any atom is 0.0787 e. The molecular formula is C12H25NO2. The van der Waals surface area contributed by atoms with Crippen LogP contribution in [0.2, 0.25) is 0 Å². The van der Waals surface area contributed by atoms with Crippen molar-refractivity contribution in [1.29, 1.82) is 0 Å². The van der Waals surface area contributed by atoms with Gasteiger partial charge in [0.25, 0.3) is 0 Å². The zero-order chi connectivity index (χ0) is 11.7. The monoisotopic (exact) mass is 215 g/mol. The molecule has 0 aromatic rings. The van der Waals surface area contributed by atoms with E-state index >= 15 is 0 Å². The van der Waals surface area contributed by atoms with Crippen molar-refractivity contribution >= 4 is 0 Å². The molecule has 15 heavy (non-hydrogen) atoms. The molecule has 0 aromatic carbocycles. The van der Waals surface area contributed by atoms with Crippen molar-refractivity contribution in [3.05, 3.63) is 0 Å². The first kappa shape index (κ1) is 12.9. The van der Waals surface area contributed by atoms with Crippen LogP contribution in [0, 0.1) is 0 Å². The van der Waals surface area contributed by atoms with E-state index < -0.39 is 0 Å². The van der Waals surface area contributed by atoms with E-state index in [2.05, 4.69) is 33.0 Å². The minimum Gasteiger partial charge on any atom is -0.393 e. The summed E-state index contributed by atoms with van der Waals surface area (Å²) in [5.74, 6) is 0. The molecule has 3 heteroatoms. The molecular weight excluding hydrogens is 190 g/mol. The van der Waals surface area contributed by atoms with Crippen molar-refractivity contribution in [3.63, 3.8) is 0 Å². The third kappa shape index (κ3) is 3.74. The van der Waals surface area contributed by atoms with E-state index in [0.29, 0.717) is 6.04 Å². The van der Waals surface area contributed by atoms with Gasteiger partial charge in [0.15, 0.2) is 0 Å². The maximum absolute atomic E-state index is 9.19. The Morgan fingerprint density at radius 3 is 2.40 bits per heavy atom. The second-order valence-electron chi connectivity index (χ2n) is 5.81. The van der Waals surface area contributed by atoms with Gasteiger partial charge in [-0.1, -0.05) is 0 Å². The van der Waals surface area contributed by atoms with E-state index in [1.54, 1.807) is 0 Å². The molecule has 0 saturated carbocycles. The predicted molar refractivity (Wildman–Crippen MR) is 61.9 cm³/mol. The summed E-state index contributed by atoms with van der Waals surface area (Å²) in [5.41, 5.74) is -0.145. The van der Waals surface area contributed by atoms with Crippen LogP contribution in [-0.2, 0) is 4.74 Å². The van der Waals surface area contributed by atoms with Crippen molar-refractivity contribution in [3.8, 4) is 0 Å². The smallest absolute Gasteiger partial charge is 0.0787 e. The fourth-order valence-corrected chi connectivity index (χ4v) is 2.35. The van der Waals surface area contributed by atoms with Crippen molar-refractivity contribution in [2.75, 3.05) is 6.54 Å². The highest BCUT2D eigenvalue weighted by Crippen LogP contribution is 2.37. The minimum absolute atomic E-state index is 0.0357. The molecule has 0 spiro atoms. The van der Waals surface area contributed by atoms with E-state index in [1.165, 1.54) is 0 Å². The lowest BCUT2D eigenvalue weighted by Gasteiger charge is -2.28. The molecule has 1 aliphatic rings. The second kappa shape index (κ2) is 4.40. The zero-order valence-corrected chi connectivity index (χ0v) is 10.6. The van der Waals surface area contributed by atoms with Crippen LogP contribution in [-0.4, -0.2) is 35.0 Å². The van der Waals surface area contributed by atoms with Gasteiger partial charge in [0.1, 0.15) is 0 Å². The molecule has 0 unspecified atom stereocenters. The third-order valence-corrected chi connectivity index (χ3v) is 3.03. The fraction of sp³-hybridized carbons (Fsp3) is 1.00. The summed E-state index contributed by atoms with van der Waals surface area (Å²) >= 11 is 0. The molecule has 1 heterocycles. The number of hydrogen-bond acceptors (Lipinski definition) is 3. The number of aliphatic hydroxyl groups excluding tert-OH is 1. The van der Waals surface area contributed by atoms with Crippen LogP contribution in [0.5, 0.6) is 0 Å². The molecule has 0 aromatic heterocycles. The first-order valence-electron chi connectivity index (χ1n) is 5.84. The molecule has 1 fully saturated rings. The summed E-state index contributed by atoms with van der Waals surface area (Å²) in [6.45, 7) is 11.2. The molecule has 1 saturated heterocycles. The largest absolute Gasteiger partial charge is 0.393 e. The normalized spacial score (nSPS) is 30.4. The average molecular weight is 215 g/mol. The molecule has 0 amide bonds. The van der Waals surface area contributed by atoms with Crippen LogP contribution < -0.4 is 5.32 Å². The summed E-state index contributed by atoms with van der Waals surface area (Å²) in [7, 11) is 0. The summed E-state index contributed by atoms with van der Waals surface area (Å²) in [4.78, 5) is 0. The van der Waals surface area contributed by atoms with Gasteiger partial charge in [0.05, 0.1) is 17.3 Å². The molecule has 0 aliphatic carbocycles. The predicted octanol–water partition coefficient (Wildman–Crippen LogP) is 1.69. The highest BCUT2D eigenvalue weighted by molar-refractivity contribution is 4.98. The topological polar surface area (TPSA) is 41.5 Å². The lowest BCUT2D eigenvalue weighted by molar-refractivity contribution is -0.0699. The Balaban J connectivity index is 2.41. The minimum atomic E-state index is -0.226. The summed E-state index contributed by atoms with van der Waals surface area (Å²) < 4.78 is 5.98. The standard InChI is InChI=1S/C12H25NO2/c1-9(14)6-7-13-10-8-11(2,3)15-12(10,4)5/h9-10,13-14H,6-8H2,1-5H3/t9-,10+/m0/s1. The molecule has 2 N–H and O–H groups in total. The lowest BCUT2D eigenvalue weighted by atomic mass is 9.94. The van der Waals surface area contributed by atoms with Crippen LogP contribution in [0.25, 0.3) is 0 Å².